The number of tetrazole rings is 1. The lowest BCUT2D eigenvalue weighted by Gasteiger charge is -2.19. The average Bonchev–Trinajstić information content (AvgIpc) is 3.06. The number of anilines is 1. The van der Waals surface area contributed by atoms with Crippen molar-refractivity contribution in [2.75, 3.05) is 25.0 Å². The molecule has 0 unspecified atom stereocenters. The molecule has 28 heavy (non-hydrogen) atoms. The molecule has 0 fully saturated rings. The van der Waals surface area contributed by atoms with Gasteiger partial charge in [0, 0.05) is 25.8 Å². The minimum Gasteiger partial charge on any atom is -0.375 e. The van der Waals surface area contributed by atoms with Crippen molar-refractivity contribution in [1.82, 2.24) is 25.1 Å². The topological polar surface area (TPSA) is 85.1 Å². The Morgan fingerprint density at radius 3 is 2.57 bits per heavy atom. The van der Waals surface area contributed by atoms with Gasteiger partial charge in [-0.2, -0.15) is 9.36 Å². The molecular weight excluding hydrogens is 380 g/mol. The molecule has 0 saturated carbocycles. The van der Waals surface area contributed by atoms with Gasteiger partial charge in [-0.25, -0.2) is 4.79 Å². The van der Waals surface area contributed by atoms with Gasteiger partial charge in [0.1, 0.15) is 6.54 Å². The molecule has 0 atom stereocenters. The van der Waals surface area contributed by atoms with Crippen LogP contribution < -0.4 is 15.9 Å². The van der Waals surface area contributed by atoms with E-state index < -0.39 is 5.69 Å². The molecule has 0 aliphatic heterocycles. The number of nitrogens with zero attached hydrogens (tertiary/aromatic N) is 5. The molecule has 0 radical (unpaired) electrons. The SMILES string of the molecule is CN(CCCNC(=O)Cn1nnn(-c2ccccc2Cl)c1=O)c1ccccc1. The normalized spacial score (nSPS) is 10.6. The number of benzene rings is 2. The predicted octanol–water partition coefficient (Wildman–Crippen LogP) is 1.73. The van der Waals surface area contributed by atoms with E-state index in [2.05, 4.69) is 20.6 Å². The van der Waals surface area contributed by atoms with Crippen molar-refractivity contribution in [3.05, 3.63) is 70.1 Å². The Morgan fingerprint density at radius 1 is 1.11 bits per heavy atom. The lowest BCUT2D eigenvalue weighted by molar-refractivity contribution is -0.121. The summed E-state index contributed by atoms with van der Waals surface area (Å²) in [6, 6.07) is 16.8. The quantitative estimate of drug-likeness (QED) is 0.582. The van der Waals surface area contributed by atoms with Gasteiger partial charge in [-0.1, -0.05) is 41.9 Å². The maximum atomic E-state index is 12.4. The van der Waals surface area contributed by atoms with Crippen LogP contribution in [-0.4, -0.2) is 45.8 Å². The van der Waals surface area contributed by atoms with Crippen LogP contribution in [0.25, 0.3) is 5.69 Å². The van der Waals surface area contributed by atoms with Crippen molar-refractivity contribution in [3.63, 3.8) is 0 Å². The zero-order valence-corrected chi connectivity index (χ0v) is 16.2. The van der Waals surface area contributed by atoms with Crippen LogP contribution in [0.15, 0.2) is 59.4 Å². The summed E-state index contributed by atoms with van der Waals surface area (Å²) in [6.45, 7) is 1.11. The fraction of sp³-hybridized carbons (Fsp3) is 0.263. The van der Waals surface area contributed by atoms with Gasteiger partial charge >= 0.3 is 5.69 Å². The van der Waals surface area contributed by atoms with Gasteiger partial charge in [-0.15, -0.1) is 0 Å². The summed E-state index contributed by atoms with van der Waals surface area (Å²) >= 11 is 6.08. The molecule has 3 aromatic rings. The Balaban J connectivity index is 1.49. The molecule has 0 spiro atoms. The average molecular weight is 401 g/mol. The number of para-hydroxylation sites is 2. The van der Waals surface area contributed by atoms with Gasteiger partial charge in [0.2, 0.25) is 5.91 Å². The van der Waals surface area contributed by atoms with Crippen molar-refractivity contribution < 1.29 is 4.79 Å². The van der Waals surface area contributed by atoms with E-state index in [1.54, 1.807) is 24.3 Å². The fourth-order valence-corrected chi connectivity index (χ4v) is 2.91. The molecule has 0 aliphatic rings. The minimum absolute atomic E-state index is 0.197. The van der Waals surface area contributed by atoms with Crippen LogP contribution in [-0.2, 0) is 11.3 Å². The fourth-order valence-electron chi connectivity index (χ4n) is 2.70. The first-order valence-corrected chi connectivity index (χ1v) is 9.24. The van der Waals surface area contributed by atoms with Crippen LogP contribution in [0.5, 0.6) is 0 Å². The molecule has 1 aromatic heterocycles. The molecule has 2 aromatic carbocycles. The summed E-state index contributed by atoms with van der Waals surface area (Å²) < 4.78 is 2.08. The second kappa shape index (κ2) is 9.18. The van der Waals surface area contributed by atoms with Gasteiger partial charge in [0.25, 0.3) is 0 Å². The molecule has 8 nitrogen and oxygen atoms in total. The van der Waals surface area contributed by atoms with E-state index in [1.165, 1.54) is 0 Å². The summed E-state index contributed by atoms with van der Waals surface area (Å²) in [5.74, 6) is -0.296. The van der Waals surface area contributed by atoms with Crippen LogP contribution in [0, 0.1) is 0 Å². The first kappa shape index (κ1) is 19.6. The molecule has 146 valence electrons. The highest BCUT2D eigenvalue weighted by Crippen LogP contribution is 2.16. The summed E-state index contributed by atoms with van der Waals surface area (Å²) in [5, 5.41) is 10.7. The smallest absolute Gasteiger partial charge is 0.369 e. The standard InChI is InChI=1S/C19H21ClN6O2/c1-24(15-8-3-2-4-9-15)13-7-12-21-18(27)14-25-19(28)26(23-22-25)17-11-6-5-10-16(17)20/h2-6,8-11H,7,12-14H2,1H3,(H,21,27). The van der Waals surface area contributed by atoms with Gasteiger partial charge < -0.3 is 10.2 Å². The Hall–Kier alpha value is -3.13. The van der Waals surface area contributed by atoms with Crippen LogP contribution in [0.4, 0.5) is 5.69 Å². The molecular formula is C19H21ClN6O2. The van der Waals surface area contributed by atoms with Gasteiger partial charge in [0.15, 0.2) is 0 Å². The third kappa shape index (κ3) is 4.77. The summed E-state index contributed by atoms with van der Waals surface area (Å²) in [5.41, 5.74) is 1.02. The number of halogens is 1. The highest BCUT2D eigenvalue weighted by molar-refractivity contribution is 6.32. The van der Waals surface area contributed by atoms with Crippen LogP contribution in [0.1, 0.15) is 6.42 Å². The number of amides is 1. The van der Waals surface area contributed by atoms with Crippen molar-refractivity contribution in [1.29, 1.82) is 0 Å². The van der Waals surface area contributed by atoms with E-state index >= 15 is 0 Å². The number of hydrogen-bond acceptors (Lipinski definition) is 5. The molecule has 0 aliphatic carbocycles. The first-order chi connectivity index (χ1) is 13.6. The lowest BCUT2D eigenvalue weighted by atomic mass is 10.3. The second-order valence-corrected chi connectivity index (χ2v) is 6.65. The Bertz CT molecular complexity index is 985. The number of carbonyl (C=O) groups is 1. The van der Waals surface area contributed by atoms with Gasteiger partial charge in [-0.3, -0.25) is 4.79 Å². The van der Waals surface area contributed by atoms with Crippen LogP contribution >= 0.6 is 11.6 Å². The zero-order chi connectivity index (χ0) is 19.9. The van der Waals surface area contributed by atoms with E-state index in [4.69, 9.17) is 11.6 Å². The van der Waals surface area contributed by atoms with Crippen LogP contribution in [0.2, 0.25) is 5.02 Å². The van der Waals surface area contributed by atoms with E-state index in [0.717, 1.165) is 28.0 Å². The highest BCUT2D eigenvalue weighted by atomic mass is 35.5. The molecule has 1 heterocycles. The van der Waals surface area contributed by atoms with E-state index in [1.807, 2.05) is 37.4 Å². The maximum Gasteiger partial charge on any atom is 0.369 e. The number of hydrogen-bond donors (Lipinski definition) is 1. The number of rotatable bonds is 8. The van der Waals surface area contributed by atoms with Gasteiger partial charge in [-0.05, 0) is 41.1 Å². The Morgan fingerprint density at radius 2 is 1.82 bits per heavy atom. The number of carbonyl (C=O) groups excluding carboxylic acids is 1. The molecule has 9 heteroatoms. The largest absolute Gasteiger partial charge is 0.375 e. The lowest BCUT2D eigenvalue weighted by Crippen LogP contribution is -2.34. The summed E-state index contributed by atoms with van der Waals surface area (Å²) in [6.07, 6.45) is 0.776. The van der Waals surface area contributed by atoms with Gasteiger partial charge in [0.05, 0.1) is 10.7 Å². The molecule has 0 bridgehead atoms. The minimum atomic E-state index is -0.521. The Labute approximate surface area is 167 Å². The van der Waals surface area contributed by atoms with Crippen molar-refractivity contribution in [3.8, 4) is 5.69 Å². The molecule has 0 saturated heterocycles. The molecule has 3 rings (SSSR count). The number of nitrogens with one attached hydrogen (secondary N) is 1. The second-order valence-electron chi connectivity index (χ2n) is 6.24. The van der Waals surface area contributed by atoms with E-state index in [-0.39, 0.29) is 12.5 Å². The predicted molar refractivity (Wildman–Crippen MR) is 108 cm³/mol. The van der Waals surface area contributed by atoms with Crippen LogP contribution in [0.3, 0.4) is 0 Å². The monoisotopic (exact) mass is 400 g/mol. The van der Waals surface area contributed by atoms with E-state index in [9.17, 15) is 9.59 Å². The Kier molecular flexibility index (Phi) is 6.44. The van der Waals surface area contributed by atoms with Crippen molar-refractivity contribution >= 4 is 23.2 Å². The summed E-state index contributed by atoms with van der Waals surface area (Å²) in [4.78, 5) is 26.6. The molecule has 1 amide bonds. The van der Waals surface area contributed by atoms with E-state index in [0.29, 0.717) is 17.3 Å². The zero-order valence-electron chi connectivity index (χ0n) is 15.5. The summed E-state index contributed by atoms with van der Waals surface area (Å²) in [7, 11) is 2.00. The molecule has 1 N–H and O–H groups in total. The first-order valence-electron chi connectivity index (χ1n) is 8.87. The maximum absolute atomic E-state index is 12.4. The third-order valence-corrected chi connectivity index (χ3v) is 4.52. The highest BCUT2D eigenvalue weighted by Gasteiger charge is 2.13. The number of aromatic nitrogens is 4. The van der Waals surface area contributed by atoms with Crippen molar-refractivity contribution in [2.24, 2.45) is 0 Å². The van der Waals surface area contributed by atoms with Crippen molar-refractivity contribution in [2.45, 2.75) is 13.0 Å². The third-order valence-electron chi connectivity index (χ3n) is 4.20.